The number of hydrogen-bond donors (Lipinski definition) is 3. The topological polar surface area (TPSA) is 76.1 Å². The van der Waals surface area contributed by atoms with Crippen LogP contribution in [-0.4, -0.2) is 30.7 Å². The van der Waals surface area contributed by atoms with Crippen molar-refractivity contribution >= 4 is 0 Å². The summed E-state index contributed by atoms with van der Waals surface area (Å²) in [6.07, 6.45) is 8.70. The molecule has 0 amide bonds. The predicted octanol–water partition coefficient (Wildman–Crippen LogP) is 2.21. The van der Waals surface area contributed by atoms with E-state index in [0.717, 1.165) is 38.2 Å². The number of aryl methyl sites for hydroxylation is 1. The summed E-state index contributed by atoms with van der Waals surface area (Å²) in [6, 6.07) is 0.693. The molecule has 122 valence electrons. The van der Waals surface area contributed by atoms with E-state index in [0.29, 0.717) is 18.5 Å². The predicted molar refractivity (Wildman–Crippen MR) is 87.2 cm³/mol. The van der Waals surface area contributed by atoms with Crippen LogP contribution in [0.1, 0.15) is 57.5 Å². The summed E-state index contributed by atoms with van der Waals surface area (Å²) < 4.78 is 5.21. The molecular formula is C16H32N4O. The second-order valence-corrected chi connectivity index (χ2v) is 5.49. The quantitative estimate of drug-likeness (QED) is 0.487. The highest BCUT2D eigenvalue weighted by Gasteiger charge is 2.03. The van der Waals surface area contributed by atoms with Crippen molar-refractivity contribution < 1.29 is 4.42 Å². The maximum atomic E-state index is 5.46. The van der Waals surface area contributed by atoms with E-state index in [4.69, 9.17) is 10.2 Å². The standard InChI is InChI=1S/C16H32N4O/c1-3-7-14(4-2)19-11-6-10-18-9-5-8-15-13-21-16(12-17)20-15/h13-14,18-19H,3-12,17H2,1-2H3. The molecule has 0 fully saturated rings. The maximum absolute atomic E-state index is 5.46. The number of aromatic nitrogens is 1. The molecule has 21 heavy (non-hydrogen) atoms. The molecular weight excluding hydrogens is 264 g/mol. The second kappa shape index (κ2) is 11.7. The molecule has 5 heteroatoms. The molecule has 0 saturated heterocycles. The van der Waals surface area contributed by atoms with Crippen molar-refractivity contribution in [2.75, 3.05) is 19.6 Å². The van der Waals surface area contributed by atoms with Gasteiger partial charge in [-0.3, -0.25) is 0 Å². The van der Waals surface area contributed by atoms with Gasteiger partial charge in [-0.2, -0.15) is 0 Å². The van der Waals surface area contributed by atoms with E-state index in [-0.39, 0.29) is 0 Å². The molecule has 0 aliphatic rings. The lowest BCUT2D eigenvalue weighted by atomic mass is 10.1. The largest absolute Gasteiger partial charge is 0.447 e. The van der Waals surface area contributed by atoms with Gasteiger partial charge in [0.15, 0.2) is 0 Å². The van der Waals surface area contributed by atoms with E-state index in [1.165, 1.54) is 25.7 Å². The monoisotopic (exact) mass is 296 g/mol. The number of oxazole rings is 1. The van der Waals surface area contributed by atoms with Gasteiger partial charge in [0.25, 0.3) is 0 Å². The molecule has 0 aliphatic carbocycles. The Balaban J connectivity index is 1.92. The first-order valence-electron chi connectivity index (χ1n) is 8.37. The third-order valence-electron chi connectivity index (χ3n) is 3.65. The zero-order valence-corrected chi connectivity index (χ0v) is 13.7. The van der Waals surface area contributed by atoms with Crippen molar-refractivity contribution in [2.24, 2.45) is 5.73 Å². The third kappa shape index (κ3) is 8.19. The lowest BCUT2D eigenvalue weighted by Gasteiger charge is -2.15. The zero-order chi connectivity index (χ0) is 15.3. The first-order valence-corrected chi connectivity index (χ1v) is 8.37. The highest BCUT2D eigenvalue weighted by molar-refractivity contribution is 4.96. The molecule has 0 saturated carbocycles. The molecule has 0 aliphatic heterocycles. The summed E-state index contributed by atoms with van der Waals surface area (Å²) in [6.45, 7) is 8.08. The molecule has 1 heterocycles. The van der Waals surface area contributed by atoms with E-state index in [9.17, 15) is 0 Å². The third-order valence-corrected chi connectivity index (χ3v) is 3.65. The van der Waals surface area contributed by atoms with Gasteiger partial charge in [-0.05, 0) is 51.7 Å². The molecule has 1 rings (SSSR count). The fourth-order valence-electron chi connectivity index (χ4n) is 2.40. The summed E-state index contributed by atoms with van der Waals surface area (Å²) in [5, 5.41) is 7.10. The van der Waals surface area contributed by atoms with Crippen LogP contribution in [0.25, 0.3) is 0 Å². The average Bonchev–Trinajstić information content (AvgIpc) is 2.96. The van der Waals surface area contributed by atoms with Crippen LogP contribution in [0.5, 0.6) is 0 Å². The van der Waals surface area contributed by atoms with E-state index < -0.39 is 0 Å². The first-order chi connectivity index (χ1) is 10.3. The summed E-state index contributed by atoms with van der Waals surface area (Å²) in [7, 11) is 0. The lowest BCUT2D eigenvalue weighted by molar-refractivity contribution is 0.453. The highest BCUT2D eigenvalue weighted by atomic mass is 16.3. The SMILES string of the molecule is CCCC(CC)NCCCNCCCc1coc(CN)n1. The van der Waals surface area contributed by atoms with Crippen LogP contribution in [0.2, 0.25) is 0 Å². The van der Waals surface area contributed by atoms with Gasteiger partial charge in [-0.15, -0.1) is 0 Å². The Labute approximate surface area is 129 Å². The molecule has 1 aromatic rings. The van der Waals surface area contributed by atoms with Gasteiger partial charge in [-0.1, -0.05) is 20.3 Å². The zero-order valence-electron chi connectivity index (χ0n) is 13.7. The number of nitrogens with two attached hydrogens (primary N) is 1. The smallest absolute Gasteiger partial charge is 0.207 e. The van der Waals surface area contributed by atoms with Crippen LogP contribution in [0.4, 0.5) is 0 Å². The van der Waals surface area contributed by atoms with E-state index >= 15 is 0 Å². The van der Waals surface area contributed by atoms with Gasteiger partial charge in [0.2, 0.25) is 5.89 Å². The number of rotatable bonds is 13. The Morgan fingerprint density at radius 2 is 2.05 bits per heavy atom. The van der Waals surface area contributed by atoms with Gasteiger partial charge < -0.3 is 20.8 Å². The average molecular weight is 296 g/mol. The molecule has 1 unspecified atom stereocenters. The van der Waals surface area contributed by atoms with Crippen molar-refractivity contribution in [3.8, 4) is 0 Å². The van der Waals surface area contributed by atoms with Crippen LogP contribution in [0.3, 0.4) is 0 Å². The molecule has 4 N–H and O–H groups in total. The molecule has 0 bridgehead atoms. The van der Waals surface area contributed by atoms with Gasteiger partial charge in [-0.25, -0.2) is 4.98 Å². The van der Waals surface area contributed by atoms with E-state index in [1.807, 2.05) is 0 Å². The van der Waals surface area contributed by atoms with E-state index in [1.54, 1.807) is 6.26 Å². The Morgan fingerprint density at radius 3 is 2.71 bits per heavy atom. The van der Waals surface area contributed by atoms with Gasteiger partial charge >= 0.3 is 0 Å². The normalized spacial score (nSPS) is 12.7. The van der Waals surface area contributed by atoms with Crippen molar-refractivity contribution in [1.29, 1.82) is 0 Å². The van der Waals surface area contributed by atoms with Crippen molar-refractivity contribution in [3.05, 3.63) is 17.8 Å². The Hall–Kier alpha value is -0.910. The molecule has 1 atom stereocenters. The molecule has 0 radical (unpaired) electrons. The molecule has 5 nitrogen and oxygen atoms in total. The van der Waals surface area contributed by atoms with E-state index in [2.05, 4.69) is 29.5 Å². The molecule has 1 aromatic heterocycles. The van der Waals surface area contributed by atoms with Crippen LogP contribution in [0.15, 0.2) is 10.7 Å². The fourth-order valence-corrected chi connectivity index (χ4v) is 2.40. The summed E-state index contributed by atoms with van der Waals surface area (Å²) in [4.78, 5) is 4.29. The highest BCUT2D eigenvalue weighted by Crippen LogP contribution is 2.03. The van der Waals surface area contributed by atoms with Crippen LogP contribution in [0, 0.1) is 0 Å². The minimum atomic E-state index is 0.377. The van der Waals surface area contributed by atoms with Crippen molar-refractivity contribution in [1.82, 2.24) is 15.6 Å². The fraction of sp³-hybridized carbons (Fsp3) is 0.812. The summed E-state index contributed by atoms with van der Waals surface area (Å²) in [5.74, 6) is 0.626. The first kappa shape index (κ1) is 18.1. The number of hydrogen-bond acceptors (Lipinski definition) is 5. The summed E-state index contributed by atoms with van der Waals surface area (Å²) in [5.41, 5.74) is 6.47. The Kier molecular flexibility index (Phi) is 10.1. The van der Waals surface area contributed by atoms with Gasteiger partial charge in [0.1, 0.15) is 6.26 Å². The van der Waals surface area contributed by atoms with Crippen molar-refractivity contribution in [3.63, 3.8) is 0 Å². The summed E-state index contributed by atoms with van der Waals surface area (Å²) >= 11 is 0. The minimum Gasteiger partial charge on any atom is -0.447 e. The minimum absolute atomic E-state index is 0.377. The Morgan fingerprint density at radius 1 is 1.24 bits per heavy atom. The van der Waals surface area contributed by atoms with Crippen molar-refractivity contribution in [2.45, 2.75) is 65.0 Å². The van der Waals surface area contributed by atoms with Crippen LogP contribution >= 0.6 is 0 Å². The molecule has 0 spiro atoms. The Bertz CT molecular complexity index is 354. The number of nitrogens with one attached hydrogen (secondary N) is 2. The van der Waals surface area contributed by atoms with Crippen LogP contribution in [-0.2, 0) is 13.0 Å². The second-order valence-electron chi connectivity index (χ2n) is 5.49. The van der Waals surface area contributed by atoms with Crippen LogP contribution < -0.4 is 16.4 Å². The van der Waals surface area contributed by atoms with Gasteiger partial charge in [0.05, 0.1) is 12.2 Å². The maximum Gasteiger partial charge on any atom is 0.207 e. The molecule has 0 aromatic carbocycles. The van der Waals surface area contributed by atoms with Gasteiger partial charge in [0, 0.05) is 6.04 Å². The number of nitrogens with zero attached hydrogens (tertiary/aromatic N) is 1. The lowest BCUT2D eigenvalue weighted by Crippen LogP contribution is -2.31.